The zero-order chi connectivity index (χ0) is 25.4. The van der Waals surface area contributed by atoms with E-state index in [1.165, 1.54) is 19.2 Å². The average molecular weight is 506 g/mol. The van der Waals surface area contributed by atoms with Crippen LogP contribution in [0.2, 0.25) is 0 Å². The first-order valence-corrected chi connectivity index (χ1v) is 11.2. The molecule has 3 aromatic rings. The van der Waals surface area contributed by atoms with Crippen LogP contribution in [0.25, 0.3) is 11.4 Å². The van der Waals surface area contributed by atoms with Gasteiger partial charge in [0.25, 0.3) is 5.88 Å². The lowest BCUT2D eigenvalue weighted by molar-refractivity contribution is -0.153. The molecule has 0 saturated carbocycles. The Hall–Kier alpha value is -3.57. The van der Waals surface area contributed by atoms with Crippen molar-refractivity contribution in [2.45, 2.75) is 18.9 Å². The molecule has 1 unspecified atom stereocenters. The predicted octanol–water partition coefficient (Wildman–Crippen LogP) is 4.47. The molecule has 1 atom stereocenters. The van der Waals surface area contributed by atoms with Gasteiger partial charge < -0.3 is 28.4 Å². The molecule has 3 heterocycles. The van der Waals surface area contributed by atoms with E-state index in [0.717, 1.165) is 5.56 Å². The van der Waals surface area contributed by atoms with E-state index in [0.29, 0.717) is 37.0 Å². The van der Waals surface area contributed by atoms with Crippen molar-refractivity contribution in [1.29, 1.82) is 0 Å². The highest BCUT2D eigenvalue weighted by Crippen LogP contribution is 2.33. The largest absolute Gasteiger partial charge is 0.491 e. The summed E-state index contributed by atoms with van der Waals surface area (Å²) in [6, 6.07) is 15.3. The topological polar surface area (TPSA) is 81.2 Å². The summed E-state index contributed by atoms with van der Waals surface area (Å²) < 4.78 is 71.1. The number of halogens is 3. The van der Waals surface area contributed by atoms with Gasteiger partial charge in [-0.2, -0.15) is 13.2 Å². The van der Waals surface area contributed by atoms with Crippen LogP contribution in [0.4, 0.5) is 13.2 Å². The molecule has 0 spiro atoms. The lowest BCUT2D eigenvalue weighted by Gasteiger charge is -2.23. The third-order valence-electron chi connectivity index (χ3n) is 5.00. The minimum atomic E-state index is -4.51. The van der Waals surface area contributed by atoms with Crippen LogP contribution in [0.1, 0.15) is 5.56 Å². The molecule has 2 aromatic heterocycles. The molecule has 8 nitrogen and oxygen atoms in total. The number of rotatable bonds is 10. The fraction of sp³-hybridized carbons (Fsp3) is 0.360. The molecule has 1 aliphatic rings. The number of hydrogen-bond donors (Lipinski definition) is 0. The molecule has 0 amide bonds. The Labute approximate surface area is 205 Å². The molecule has 0 N–H and O–H groups in total. The van der Waals surface area contributed by atoms with Crippen molar-refractivity contribution in [3.8, 4) is 34.6 Å². The van der Waals surface area contributed by atoms with Gasteiger partial charge in [0.1, 0.15) is 25.1 Å². The molecule has 36 heavy (non-hydrogen) atoms. The normalized spacial score (nSPS) is 15.8. The van der Waals surface area contributed by atoms with Crippen LogP contribution in [0, 0.1) is 0 Å². The van der Waals surface area contributed by atoms with Gasteiger partial charge in [0.2, 0.25) is 5.88 Å². The number of alkyl halides is 3. The number of methoxy groups -OCH3 is 1. The molecular formula is C25H25F3N2O6. The van der Waals surface area contributed by atoms with E-state index in [9.17, 15) is 13.2 Å². The van der Waals surface area contributed by atoms with Crippen molar-refractivity contribution in [2.24, 2.45) is 0 Å². The van der Waals surface area contributed by atoms with Crippen molar-refractivity contribution < 1.29 is 41.6 Å². The smallest absolute Gasteiger partial charge is 0.422 e. The number of ether oxygens (including phenoxy) is 6. The van der Waals surface area contributed by atoms with Crippen molar-refractivity contribution in [3.05, 3.63) is 60.2 Å². The maximum Gasteiger partial charge on any atom is 0.422 e. The summed E-state index contributed by atoms with van der Waals surface area (Å²) in [5.74, 6) is 0.493. The fourth-order valence-electron chi connectivity index (χ4n) is 3.29. The molecule has 1 fully saturated rings. The third-order valence-corrected chi connectivity index (χ3v) is 5.00. The van der Waals surface area contributed by atoms with Crippen LogP contribution >= 0.6 is 0 Å². The van der Waals surface area contributed by atoms with Gasteiger partial charge in [-0.1, -0.05) is 30.3 Å². The summed E-state index contributed by atoms with van der Waals surface area (Å²) in [6.07, 6.45) is -4.72. The summed E-state index contributed by atoms with van der Waals surface area (Å²) >= 11 is 0. The van der Waals surface area contributed by atoms with Gasteiger partial charge in [0.05, 0.1) is 38.3 Å². The van der Waals surface area contributed by atoms with Crippen LogP contribution in [0.3, 0.4) is 0 Å². The van der Waals surface area contributed by atoms with Crippen molar-refractivity contribution in [1.82, 2.24) is 9.97 Å². The molecule has 11 heteroatoms. The number of aromatic nitrogens is 2. The van der Waals surface area contributed by atoms with E-state index in [4.69, 9.17) is 28.4 Å². The Morgan fingerprint density at radius 1 is 0.944 bits per heavy atom. The Morgan fingerprint density at radius 3 is 2.50 bits per heavy atom. The van der Waals surface area contributed by atoms with E-state index < -0.39 is 12.8 Å². The van der Waals surface area contributed by atoms with Gasteiger partial charge in [0.15, 0.2) is 12.4 Å². The quantitative estimate of drug-likeness (QED) is 0.399. The third kappa shape index (κ3) is 7.46. The lowest BCUT2D eigenvalue weighted by atomic mass is 10.2. The van der Waals surface area contributed by atoms with Gasteiger partial charge >= 0.3 is 6.18 Å². The highest BCUT2D eigenvalue weighted by Gasteiger charge is 2.29. The van der Waals surface area contributed by atoms with Crippen LogP contribution in [-0.4, -0.2) is 62.4 Å². The second-order valence-corrected chi connectivity index (χ2v) is 7.79. The molecule has 1 aliphatic heterocycles. The predicted molar refractivity (Wildman–Crippen MR) is 122 cm³/mol. The van der Waals surface area contributed by atoms with Crippen LogP contribution in [0.5, 0.6) is 23.3 Å². The van der Waals surface area contributed by atoms with Crippen molar-refractivity contribution >= 4 is 0 Å². The number of hydrogen-bond acceptors (Lipinski definition) is 8. The van der Waals surface area contributed by atoms with E-state index >= 15 is 0 Å². The fourth-order valence-corrected chi connectivity index (χ4v) is 3.29. The highest BCUT2D eigenvalue weighted by molar-refractivity contribution is 5.60. The molecule has 1 aromatic carbocycles. The Kier molecular flexibility index (Phi) is 8.44. The van der Waals surface area contributed by atoms with Crippen LogP contribution in [-0.2, 0) is 16.1 Å². The minimum Gasteiger partial charge on any atom is -0.491 e. The molecule has 0 bridgehead atoms. The van der Waals surface area contributed by atoms with Crippen molar-refractivity contribution in [3.63, 3.8) is 0 Å². The van der Waals surface area contributed by atoms with Crippen molar-refractivity contribution in [2.75, 3.05) is 40.1 Å². The van der Waals surface area contributed by atoms with Crippen LogP contribution in [0.15, 0.2) is 54.6 Å². The monoisotopic (exact) mass is 506 g/mol. The zero-order valence-corrected chi connectivity index (χ0v) is 19.5. The molecule has 192 valence electrons. The Bertz CT molecular complexity index is 1120. The maximum atomic E-state index is 12.8. The van der Waals surface area contributed by atoms with Gasteiger partial charge in [0, 0.05) is 12.1 Å². The highest BCUT2D eigenvalue weighted by atomic mass is 19.4. The second-order valence-electron chi connectivity index (χ2n) is 7.79. The molecule has 0 radical (unpaired) electrons. The second kappa shape index (κ2) is 11.9. The number of benzene rings is 1. The van der Waals surface area contributed by atoms with Gasteiger partial charge in [-0.3, -0.25) is 0 Å². The summed E-state index contributed by atoms with van der Waals surface area (Å²) in [5, 5.41) is 0. The summed E-state index contributed by atoms with van der Waals surface area (Å²) in [7, 11) is 1.46. The summed E-state index contributed by atoms with van der Waals surface area (Å²) in [4.78, 5) is 8.79. The van der Waals surface area contributed by atoms with E-state index in [-0.39, 0.29) is 36.8 Å². The standard InChI is InChI=1S/C25H25F3N2O6/c1-31-23-12-18(34-15-19-14-32-9-10-33-19)11-21(29-23)20-7-8-22(36-16-25(26,27)28)24(30-20)35-13-17-5-3-2-4-6-17/h2-8,11-12,19H,9-10,13-16H2,1H3. The molecule has 0 aliphatic carbocycles. The van der Waals surface area contributed by atoms with E-state index in [2.05, 4.69) is 9.97 Å². The lowest BCUT2D eigenvalue weighted by Crippen LogP contribution is -2.33. The first kappa shape index (κ1) is 25.5. The van der Waals surface area contributed by atoms with Crippen LogP contribution < -0.4 is 18.9 Å². The van der Waals surface area contributed by atoms with Gasteiger partial charge in [-0.05, 0) is 17.7 Å². The average Bonchev–Trinajstić information content (AvgIpc) is 2.90. The first-order chi connectivity index (χ1) is 17.4. The summed E-state index contributed by atoms with van der Waals surface area (Å²) in [5.41, 5.74) is 1.52. The molecular weight excluding hydrogens is 481 g/mol. The minimum absolute atomic E-state index is 0.0863. The molecule has 4 rings (SSSR count). The maximum absolute atomic E-state index is 12.8. The number of pyridine rings is 2. The summed E-state index contributed by atoms with van der Waals surface area (Å²) in [6.45, 7) is 0.346. The van der Waals surface area contributed by atoms with Gasteiger partial charge in [-0.15, -0.1) is 0 Å². The number of nitrogens with zero attached hydrogens (tertiary/aromatic N) is 2. The molecule has 1 saturated heterocycles. The van der Waals surface area contributed by atoms with Gasteiger partial charge in [-0.25, -0.2) is 9.97 Å². The van der Waals surface area contributed by atoms with E-state index in [1.807, 2.05) is 30.3 Å². The zero-order valence-electron chi connectivity index (χ0n) is 19.5. The Morgan fingerprint density at radius 2 is 1.78 bits per heavy atom. The Balaban J connectivity index is 1.57. The SMILES string of the molecule is COc1cc(OCC2COCCO2)cc(-c2ccc(OCC(F)(F)F)c(OCc3ccccc3)n2)n1. The van der Waals surface area contributed by atoms with E-state index in [1.54, 1.807) is 12.1 Å². The first-order valence-electron chi connectivity index (χ1n) is 11.2.